The molecule has 1 fully saturated rings. The molecule has 2 aromatic rings. The highest BCUT2D eigenvalue weighted by Crippen LogP contribution is 2.17. The van der Waals surface area contributed by atoms with Crippen molar-refractivity contribution in [2.24, 2.45) is 0 Å². The van der Waals surface area contributed by atoms with Gasteiger partial charge in [-0.15, -0.1) is 0 Å². The zero-order chi connectivity index (χ0) is 17.5. The molecular weight excluding hydrogens is 314 g/mol. The minimum absolute atomic E-state index is 0.0361. The number of anilines is 2. The molecule has 0 saturated carbocycles. The molecule has 0 aromatic heterocycles. The summed E-state index contributed by atoms with van der Waals surface area (Å²) in [5, 5.41) is 5.55. The molecule has 2 aromatic carbocycles. The van der Waals surface area contributed by atoms with Crippen LogP contribution >= 0.6 is 0 Å². The number of nitrogens with zero attached hydrogens (tertiary/aromatic N) is 1. The second kappa shape index (κ2) is 8.33. The zero-order valence-corrected chi connectivity index (χ0v) is 14.2. The largest absolute Gasteiger partial charge is 0.339 e. The van der Waals surface area contributed by atoms with Gasteiger partial charge in [0.2, 0.25) is 0 Å². The quantitative estimate of drug-likeness (QED) is 0.875. The lowest BCUT2D eigenvalue weighted by Gasteiger charge is -2.20. The van der Waals surface area contributed by atoms with E-state index >= 15 is 0 Å². The predicted molar refractivity (Wildman–Crippen MR) is 99.9 cm³/mol. The van der Waals surface area contributed by atoms with Crippen molar-refractivity contribution >= 4 is 23.3 Å². The van der Waals surface area contributed by atoms with E-state index in [4.69, 9.17) is 0 Å². The van der Waals surface area contributed by atoms with Gasteiger partial charge in [-0.05, 0) is 43.2 Å². The van der Waals surface area contributed by atoms with Gasteiger partial charge in [0.05, 0.1) is 0 Å². The molecule has 0 radical (unpaired) electrons. The third kappa shape index (κ3) is 4.83. The molecule has 1 saturated heterocycles. The number of urea groups is 1. The molecule has 0 bridgehead atoms. The Balaban J connectivity index is 1.64. The third-order valence-electron chi connectivity index (χ3n) is 4.29. The summed E-state index contributed by atoms with van der Waals surface area (Å²) in [4.78, 5) is 26.7. The Bertz CT molecular complexity index is 723. The number of carbonyl (C=O) groups excluding carboxylic acids is 2. The first-order valence-electron chi connectivity index (χ1n) is 8.75. The van der Waals surface area contributed by atoms with Crippen LogP contribution in [0.1, 0.15) is 36.0 Å². The van der Waals surface area contributed by atoms with Crippen LogP contribution < -0.4 is 10.6 Å². The second-order valence-corrected chi connectivity index (χ2v) is 6.23. The molecule has 1 aliphatic heterocycles. The number of benzene rings is 2. The molecule has 5 nitrogen and oxygen atoms in total. The van der Waals surface area contributed by atoms with E-state index in [1.165, 1.54) is 12.8 Å². The summed E-state index contributed by atoms with van der Waals surface area (Å²) in [5.41, 5.74) is 1.94. The lowest BCUT2D eigenvalue weighted by atomic mass is 10.1. The van der Waals surface area contributed by atoms with Gasteiger partial charge in [-0.3, -0.25) is 4.79 Å². The summed E-state index contributed by atoms with van der Waals surface area (Å²) in [5.74, 6) is 0.0361. The van der Waals surface area contributed by atoms with Crippen LogP contribution in [0.4, 0.5) is 16.2 Å². The van der Waals surface area contributed by atoms with Crippen molar-refractivity contribution in [1.29, 1.82) is 0 Å². The average molecular weight is 337 g/mol. The molecule has 3 amide bonds. The van der Waals surface area contributed by atoms with Gasteiger partial charge >= 0.3 is 6.03 Å². The fraction of sp³-hybridized carbons (Fsp3) is 0.300. The number of para-hydroxylation sites is 1. The molecular formula is C20H23N3O2. The number of amides is 3. The van der Waals surface area contributed by atoms with Crippen LogP contribution in [0.15, 0.2) is 54.6 Å². The number of hydrogen-bond acceptors (Lipinski definition) is 2. The van der Waals surface area contributed by atoms with E-state index in [9.17, 15) is 9.59 Å². The molecule has 0 unspecified atom stereocenters. The van der Waals surface area contributed by atoms with Crippen molar-refractivity contribution in [2.75, 3.05) is 23.7 Å². The fourth-order valence-electron chi connectivity index (χ4n) is 3.00. The molecule has 1 heterocycles. The van der Waals surface area contributed by atoms with E-state index in [1.807, 2.05) is 35.2 Å². The Labute approximate surface area is 148 Å². The number of carbonyl (C=O) groups is 2. The van der Waals surface area contributed by atoms with Gasteiger partial charge in [-0.1, -0.05) is 37.1 Å². The molecule has 25 heavy (non-hydrogen) atoms. The van der Waals surface area contributed by atoms with Crippen LogP contribution in [-0.2, 0) is 0 Å². The molecule has 5 heteroatoms. The molecule has 0 atom stereocenters. The smallest absolute Gasteiger partial charge is 0.323 e. The van der Waals surface area contributed by atoms with Crippen molar-refractivity contribution in [2.45, 2.75) is 25.7 Å². The summed E-state index contributed by atoms with van der Waals surface area (Å²) in [6, 6.07) is 16.0. The Morgan fingerprint density at radius 2 is 1.40 bits per heavy atom. The topological polar surface area (TPSA) is 61.4 Å². The van der Waals surface area contributed by atoms with Crippen molar-refractivity contribution < 1.29 is 9.59 Å². The number of likely N-dealkylation sites (tertiary alicyclic amines) is 1. The summed E-state index contributed by atoms with van der Waals surface area (Å²) < 4.78 is 0. The van der Waals surface area contributed by atoms with Gasteiger partial charge in [-0.2, -0.15) is 0 Å². The van der Waals surface area contributed by atoms with Crippen LogP contribution in [0.2, 0.25) is 0 Å². The molecule has 3 rings (SSSR count). The van der Waals surface area contributed by atoms with Crippen LogP contribution in [0.3, 0.4) is 0 Å². The SMILES string of the molecule is O=C(Nc1ccccc1)Nc1cccc(C(=O)N2CCCCCC2)c1. The van der Waals surface area contributed by atoms with Gasteiger partial charge in [0, 0.05) is 30.0 Å². The number of nitrogens with one attached hydrogen (secondary N) is 2. The summed E-state index contributed by atoms with van der Waals surface area (Å²) in [6.45, 7) is 1.62. The van der Waals surface area contributed by atoms with Gasteiger partial charge in [0.1, 0.15) is 0 Å². The van der Waals surface area contributed by atoms with E-state index in [0.29, 0.717) is 11.3 Å². The zero-order valence-electron chi connectivity index (χ0n) is 14.2. The van der Waals surface area contributed by atoms with Crippen LogP contribution in [0, 0.1) is 0 Å². The van der Waals surface area contributed by atoms with E-state index < -0.39 is 0 Å². The molecule has 130 valence electrons. The summed E-state index contributed by atoms with van der Waals surface area (Å²) >= 11 is 0. The minimum Gasteiger partial charge on any atom is -0.339 e. The first kappa shape index (κ1) is 17.0. The van der Waals surface area contributed by atoms with E-state index in [2.05, 4.69) is 10.6 Å². The van der Waals surface area contributed by atoms with E-state index in [-0.39, 0.29) is 11.9 Å². The first-order chi connectivity index (χ1) is 12.2. The predicted octanol–water partition coefficient (Wildman–Crippen LogP) is 4.35. The fourth-order valence-corrected chi connectivity index (χ4v) is 3.00. The van der Waals surface area contributed by atoms with Gasteiger partial charge in [0.25, 0.3) is 5.91 Å². The van der Waals surface area contributed by atoms with Crippen molar-refractivity contribution in [1.82, 2.24) is 4.90 Å². The third-order valence-corrected chi connectivity index (χ3v) is 4.29. The lowest BCUT2D eigenvalue weighted by Crippen LogP contribution is -2.31. The summed E-state index contributed by atoms with van der Waals surface area (Å²) in [6.07, 6.45) is 4.49. The van der Waals surface area contributed by atoms with Gasteiger partial charge in [0.15, 0.2) is 0 Å². The highest BCUT2D eigenvalue weighted by atomic mass is 16.2. The van der Waals surface area contributed by atoms with Crippen molar-refractivity contribution in [3.8, 4) is 0 Å². The van der Waals surface area contributed by atoms with E-state index in [0.717, 1.165) is 31.6 Å². The Hall–Kier alpha value is -2.82. The second-order valence-electron chi connectivity index (χ2n) is 6.23. The highest BCUT2D eigenvalue weighted by Gasteiger charge is 2.17. The monoisotopic (exact) mass is 337 g/mol. The van der Waals surface area contributed by atoms with Crippen LogP contribution in [-0.4, -0.2) is 29.9 Å². The minimum atomic E-state index is -0.328. The maximum atomic E-state index is 12.7. The normalized spacial score (nSPS) is 14.5. The maximum Gasteiger partial charge on any atom is 0.323 e. The Morgan fingerprint density at radius 3 is 2.12 bits per heavy atom. The van der Waals surface area contributed by atoms with Crippen molar-refractivity contribution in [3.63, 3.8) is 0 Å². The number of hydrogen-bond donors (Lipinski definition) is 2. The maximum absolute atomic E-state index is 12.7. The Kier molecular flexibility index (Phi) is 5.67. The van der Waals surface area contributed by atoms with Crippen LogP contribution in [0.25, 0.3) is 0 Å². The van der Waals surface area contributed by atoms with Crippen LogP contribution in [0.5, 0.6) is 0 Å². The molecule has 0 spiro atoms. The molecule has 1 aliphatic rings. The standard InChI is InChI=1S/C20H23N3O2/c24-19(23-13-6-1-2-7-14-23)16-9-8-12-18(15-16)22-20(25)21-17-10-4-3-5-11-17/h3-5,8-12,15H,1-2,6-7,13-14H2,(H2,21,22,25). The highest BCUT2D eigenvalue weighted by molar-refractivity contribution is 6.01. The summed E-state index contributed by atoms with van der Waals surface area (Å²) in [7, 11) is 0. The van der Waals surface area contributed by atoms with Gasteiger partial charge < -0.3 is 15.5 Å². The molecule has 2 N–H and O–H groups in total. The Morgan fingerprint density at radius 1 is 0.760 bits per heavy atom. The molecule has 0 aliphatic carbocycles. The lowest BCUT2D eigenvalue weighted by molar-refractivity contribution is 0.0761. The number of rotatable bonds is 3. The van der Waals surface area contributed by atoms with Crippen molar-refractivity contribution in [3.05, 3.63) is 60.2 Å². The average Bonchev–Trinajstić information content (AvgIpc) is 2.91. The van der Waals surface area contributed by atoms with Gasteiger partial charge in [-0.25, -0.2) is 4.79 Å². The first-order valence-corrected chi connectivity index (χ1v) is 8.75. The van der Waals surface area contributed by atoms with E-state index in [1.54, 1.807) is 24.3 Å².